The van der Waals surface area contributed by atoms with Crippen molar-refractivity contribution in [2.45, 2.75) is 25.9 Å². The number of nitrogens with one attached hydrogen (secondary N) is 1. The van der Waals surface area contributed by atoms with Gasteiger partial charge in [-0.2, -0.15) is 0 Å². The zero-order valence-corrected chi connectivity index (χ0v) is 11.9. The number of rotatable bonds is 2. The predicted octanol–water partition coefficient (Wildman–Crippen LogP) is 4.04. The van der Waals surface area contributed by atoms with E-state index in [-0.39, 0.29) is 11.4 Å². The Balaban J connectivity index is 1.90. The van der Waals surface area contributed by atoms with Crippen molar-refractivity contribution in [2.24, 2.45) is 0 Å². The van der Waals surface area contributed by atoms with Crippen LogP contribution in [-0.2, 0) is 6.54 Å². The molecule has 0 aromatic heterocycles. The fraction of sp³-hybridized carbons (Fsp3) is 0.294. The molecule has 0 saturated carbocycles. The van der Waals surface area contributed by atoms with E-state index in [0.717, 1.165) is 24.3 Å². The van der Waals surface area contributed by atoms with Gasteiger partial charge in [-0.1, -0.05) is 24.3 Å². The van der Waals surface area contributed by atoms with Crippen LogP contribution in [0.2, 0.25) is 0 Å². The van der Waals surface area contributed by atoms with Crippen LogP contribution in [0.3, 0.4) is 0 Å². The topological polar surface area (TPSA) is 15.3 Å². The van der Waals surface area contributed by atoms with Gasteiger partial charge in [-0.3, -0.25) is 0 Å². The maximum Gasteiger partial charge on any atom is 0.123 e. The van der Waals surface area contributed by atoms with Gasteiger partial charge in [0.05, 0.1) is 11.4 Å². The Morgan fingerprint density at radius 2 is 1.80 bits per heavy atom. The summed E-state index contributed by atoms with van der Waals surface area (Å²) in [6.45, 7) is 6.10. The average molecular weight is 270 g/mol. The molecule has 0 atom stereocenters. The minimum Gasteiger partial charge on any atom is -0.377 e. The van der Waals surface area contributed by atoms with Crippen LogP contribution < -0.4 is 10.2 Å². The molecule has 0 bridgehead atoms. The smallest absolute Gasteiger partial charge is 0.123 e. The molecule has 1 N–H and O–H groups in total. The van der Waals surface area contributed by atoms with Crippen molar-refractivity contribution in [1.29, 1.82) is 0 Å². The Morgan fingerprint density at radius 1 is 1.10 bits per heavy atom. The van der Waals surface area contributed by atoms with Gasteiger partial charge in [-0.15, -0.1) is 0 Å². The van der Waals surface area contributed by atoms with Gasteiger partial charge in [0.15, 0.2) is 0 Å². The number of hydrogen-bond donors (Lipinski definition) is 1. The van der Waals surface area contributed by atoms with E-state index in [4.69, 9.17) is 0 Å². The zero-order valence-electron chi connectivity index (χ0n) is 11.9. The van der Waals surface area contributed by atoms with Crippen LogP contribution in [0.4, 0.5) is 15.8 Å². The first-order chi connectivity index (χ1) is 9.53. The van der Waals surface area contributed by atoms with Crippen molar-refractivity contribution in [3.63, 3.8) is 0 Å². The summed E-state index contributed by atoms with van der Waals surface area (Å²) in [7, 11) is 0. The highest BCUT2D eigenvalue weighted by molar-refractivity contribution is 5.73. The second-order valence-electron chi connectivity index (χ2n) is 6.01. The summed E-state index contributed by atoms with van der Waals surface area (Å²) in [6.07, 6.45) is 0. The summed E-state index contributed by atoms with van der Waals surface area (Å²) >= 11 is 0. The third-order valence-electron chi connectivity index (χ3n) is 3.59. The predicted molar refractivity (Wildman–Crippen MR) is 81.6 cm³/mol. The van der Waals surface area contributed by atoms with Gasteiger partial charge in [0.1, 0.15) is 5.82 Å². The fourth-order valence-corrected chi connectivity index (χ4v) is 2.77. The SMILES string of the molecule is CC1(C)CN(Cc2ccc(F)cc2)c2ccccc2N1. The van der Waals surface area contributed by atoms with E-state index in [9.17, 15) is 4.39 Å². The van der Waals surface area contributed by atoms with E-state index in [0.29, 0.717) is 0 Å². The largest absolute Gasteiger partial charge is 0.377 e. The fourth-order valence-electron chi connectivity index (χ4n) is 2.77. The molecule has 3 rings (SSSR count). The van der Waals surface area contributed by atoms with Gasteiger partial charge in [-0.05, 0) is 43.7 Å². The van der Waals surface area contributed by atoms with E-state index in [1.54, 1.807) is 0 Å². The highest BCUT2D eigenvalue weighted by Crippen LogP contribution is 2.34. The normalized spacial score (nSPS) is 16.4. The van der Waals surface area contributed by atoms with Crippen LogP contribution >= 0.6 is 0 Å². The number of hydrogen-bond acceptors (Lipinski definition) is 2. The molecule has 1 aliphatic rings. The first-order valence-electron chi connectivity index (χ1n) is 6.90. The molecule has 20 heavy (non-hydrogen) atoms. The van der Waals surface area contributed by atoms with Crippen molar-refractivity contribution in [3.05, 3.63) is 59.9 Å². The van der Waals surface area contributed by atoms with Gasteiger partial charge in [0.25, 0.3) is 0 Å². The van der Waals surface area contributed by atoms with Gasteiger partial charge >= 0.3 is 0 Å². The molecule has 2 aromatic rings. The number of anilines is 2. The number of halogens is 1. The monoisotopic (exact) mass is 270 g/mol. The van der Waals surface area contributed by atoms with Crippen LogP contribution in [0, 0.1) is 5.82 Å². The molecule has 2 nitrogen and oxygen atoms in total. The van der Waals surface area contributed by atoms with E-state index < -0.39 is 0 Å². The maximum absolute atomic E-state index is 13.0. The third-order valence-corrected chi connectivity index (χ3v) is 3.59. The second-order valence-corrected chi connectivity index (χ2v) is 6.01. The lowest BCUT2D eigenvalue weighted by molar-refractivity contribution is 0.530. The summed E-state index contributed by atoms with van der Waals surface area (Å²) in [5.41, 5.74) is 3.51. The Morgan fingerprint density at radius 3 is 2.55 bits per heavy atom. The van der Waals surface area contributed by atoms with Crippen molar-refractivity contribution in [1.82, 2.24) is 0 Å². The van der Waals surface area contributed by atoms with Crippen molar-refractivity contribution in [2.75, 3.05) is 16.8 Å². The lowest BCUT2D eigenvalue weighted by atomic mass is 9.98. The standard InChI is InChI=1S/C17H19FN2/c1-17(2)12-20(11-13-7-9-14(18)10-8-13)16-6-4-3-5-15(16)19-17/h3-10,19H,11-12H2,1-2H3. The van der Waals surface area contributed by atoms with E-state index in [1.807, 2.05) is 18.2 Å². The van der Waals surface area contributed by atoms with Crippen LogP contribution in [0.1, 0.15) is 19.4 Å². The molecule has 1 aliphatic heterocycles. The summed E-state index contributed by atoms with van der Waals surface area (Å²) in [4.78, 5) is 2.35. The molecule has 2 aromatic carbocycles. The Labute approximate surface area is 119 Å². The number of benzene rings is 2. The Kier molecular flexibility index (Phi) is 3.13. The van der Waals surface area contributed by atoms with E-state index in [2.05, 4.69) is 42.3 Å². The van der Waals surface area contributed by atoms with Crippen molar-refractivity contribution >= 4 is 11.4 Å². The maximum atomic E-state index is 13.0. The Hall–Kier alpha value is -2.03. The Bertz CT molecular complexity index is 605. The lowest BCUT2D eigenvalue weighted by Crippen LogP contribution is -2.48. The molecule has 0 aliphatic carbocycles. The lowest BCUT2D eigenvalue weighted by Gasteiger charge is -2.42. The molecule has 0 unspecified atom stereocenters. The molecular formula is C17H19FN2. The van der Waals surface area contributed by atoms with Gasteiger partial charge in [-0.25, -0.2) is 4.39 Å². The molecule has 0 fully saturated rings. The average Bonchev–Trinajstić information content (AvgIpc) is 2.40. The first kappa shape index (κ1) is 13.0. The van der Waals surface area contributed by atoms with Crippen molar-refractivity contribution < 1.29 is 4.39 Å². The number of para-hydroxylation sites is 2. The van der Waals surface area contributed by atoms with E-state index in [1.165, 1.54) is 17.8 Å². The minimum atomic E-state index is -0.185. The first-order valence-corrected chi connectivity index (χ1v) is 6.90. The molecule has 0 saturated heterocycles. The van der Waals surface area contributed by atoms with Crippen LogP contribution in [0.5, 0.6) is 0 Å². The molecule has 104 valence electrons. The molecule has 0 amide bonds. The van der Waals surface area contributed by atoms with Gasteiger partial charge in [0.2, 0.25) is 0 Å². The van der Waals surface area contributed by atoms with Crippen molar-refractivity contribution in [3.8, 4) is 0 Å². The highest BCUT2D eigenvalue weighted by atomic mass is 19.1. The molecule has 3 heteroatoms. The molecular weight excluding hydrogens is 251 g/mol. The van der Waals surface area contributed by atoms with Gasteiger partial charge < -0.3 is 10.2 Å². The number of nitrogens with zero attached hydrogens (tertiary/aromatic N) is 1. The van der Waals surface area contributed by atoms with Crippen LogP contribution in [-0.4, -0.2) is 12.1 Å². The molecule has 1 heterocycles. The quantitative estimate of drug-likeness (QED) is 0.886. The summed E-state index contributed by atoms with van der Waals surface area (Å²) < 4.78 is 13.0. The number of fused-ring (bicyclic) bond motifs is 1. The summed E-state index contributed by atoms with van der Waals surface area (Å²) in [5.74, 6) is -0.185. The highest BCUT2D eigenvalue weighted by Gasteiger charge is 2.28. The molecule has 0 radical (unpaired) electrons. The molecule has 0 spiro atoms. The van der Waals surface area contributed by atoms with Crippen LogP contribution in [0.15, 0.2) is 48.5 Å². The zero-order chi connectivity index (χ0) is 14.2. The van der Waals surface area contributed by atoms with E-state index >= 15 is 0 Å². The third kappa shape index (κ3) is 2.62. The van der Waals surface area contributed by atoms with Gasteiger partial charge in [0, 0.05) is 18.6 Å². The summed E-state index contributed by atoms with van der Waals surface area (Å²) in [5, 5.41) is 3.56. The van der Waals surface area contributed by atoms with Crippen LogP contribution in [0.25, 0.3) is 0 Å². The summed E-state index contributed by atoms with van der Waals surface area (Å²) in [6, 6.07) is 15.1. The minimum absolute atomic E-state index is 0.0222. The second kappa shape index (κ2) is 4.82.